The van der Waals surface area contributed by atoms with E-state index in [0.717, 1.165) is 5.92 Å². The van der Waals surface area contributed by atoms with E-state index in [1.807, 2.05) is 0 Å². The molecule has 0 radical (unpaired) electrons. The summed E-state index contributed by atoms with van der Waals surface area (Å²) in [5.41, 5.74) is 0. The van der Waals surface area contributed by atoms with E-state index in [-0.39, 0.29) is 0 Å². The van der Waals surface area contributed by atoms with Crippen LogP contribution in [0.2, 0.25) is 0 Å². The van der Waals surface area contributed by atoms with Crippen LogP contribution in [0, 0.1) is 5.92 Å². The van der Waals surface area contributed by atoms with Gasteiger partial charge in [0.25, 0.3) is 0 Å². The molecule has 1 N–H and O–H groups in total. The van der Waals surface area contributed by atoms with E-state index in [2.05, 4.69) is 33.0 Å². The predicted octanol–water partition coefficient (Wildman–Crippen LogP) is 3.20. The summed E-state index contributed by atoms with van der Waals surface area (Å²) in [7, 11) is 0. The zero-order chi connectivity index (χ0) is 9.40. The van der Waals surface area contributed by atoms with Crippen molar-refractivity contribution in [2.24, 2.45) is 5.92 Å². The van der Waals surface area contributed by atoms with Crippen LogP contribution in [0.25, 0.3) is 0 Å². The van der Waals surface area contributed by atoms with Gasteiger partial charge in [0.05, 0.1) is 0 Å². The summed E-state index contributed by atoms with van der Waals surface area (Å²) < 4.78 is 0. The van der Waals surface area contributed by atoms with Gasteiger partial charge in [-0.2, -0.15) is 0 Å². The summed E-state index contributed by atoms with van der Waals surface area (Å²) in [5, 5.41) is 3.55. The molecule has 12 heavy (non-hydrogen) atoms. The fourth-order valence-electron chi connectivity index (χ4n) is 1.51. The zero-order valence-electron chi connectivity index (χ0n) is 9.19. The first-order valence-electron chi connectivity index (χ1n) is 5.40. The molecule has 0 heterocycles. The Morgan fingerprint density at radius 3 is 2.25 bits per heavy atom. The van der Waals surface area contributed by atoms with Gasteiger partial charge in [0.15, 0.2) is 0 Å². The lowest BCUT2D eigenvalue weighted by Crippen LogP contribution is -2.28. The average molecular weight is 171 g/mol. The highest BCUT2D eigenvalue weighted by Gasteiger charge is 2.02. The van der Waals surface area contributed by atoms with Crippen LogP contribution >= 0.6 is 0 Å². The number of hydrogen-bond acceptors (Lipinski definition) is 1. The molecule has 0 spiro atoms. The Hall–Kier alpha value is -0.0400. The van der Waals surface area contributed by atoms with Gasteiger partial charge in [0.2, 0.25) is 0 Å². The monoisotopic (exact) mass is 171 g/mol. The van der Waals surface area contributed by atoms with E-state index >= 15 is 0 Å². The molecule has 0 aromatic carbocycles. The minimum absolute atomic E-state index is 0.696. The molecule has 0 bridgehead atoms. The van der Waals surface area contributed by atoms with Gasteiger partial charge in [-0.25, -0.2) is 0 Å². The predicted molar refractivity (Wildman–Crippen MR) is 56.4 cm³/mol. The van der Waals surface area contributed by atoms with Crippen LogP contribution in [-0.4, -0.2) is 12.6 Å². The number of rotatable bonds is 7. The Morgan fingerprint density at radius 1 is 1.08 bits per heavy atom. The van der Waals surface area contributed by atoms with Gasteiger partial charge in [-0.05, 0) is 32.2 Å². The average Bonchev–Trinajstić information content (AvgIpc) is 1.97. The molecule has 0 rings (SSSR count). The van der Waals surface area contributed by atoms with Crippen LogP contribution in [-0.2, 0) is 0 Å². The van der Waals surface area contributed by atoms with E-state index < -0.39 is 0 Å². The Labute approximate surface area is 77.9 Å². The third kappa shape index (κ3) is 8.06. The maximum atomic E-state index is 3.55. The molecule has 0 aromatic rings. The highest BCUT2D eigenvalue weighted by molar-refractivity contribution is 4.62. The third-order valence-electron chi connectivity index (χ3n) is 2.10. The lowest BCUT2D eigenvalue weighted by atomic mass is 10.1. The van der Waals surface area contributed by atoms with Crippen molar-refractivity contribution in [1.82, 2.24) is 5.32 Å². The first kappa shape index (κ1) is 12.0. The van der Waals surface area contributed by atoms with Gasteiger partial charge >= 0.3 is 0 Å². The minimum Gasteiger partial charge on any atom is -0.314 e. The second-order valence-electron chi connectivity index (χ2n) is 4.19. The number of nitrogens with one attached hydrogen (secondary N) is 1. The largest absolute Gasteiger partial charge is 0.314 e. The summed E-state index contributed by atoms with van der Waals surface area (Å²) >= 11 is 0. The molecule has 1 heteroatoms. The molecule has 0 aliphatic rings. The van der Waals surface area contributed by atoms with E-state index in [9.17, 15) is 0 Å². The van der Waals surface area contributed by atoms with Crippen LogP contribution in [0.5, 0.6) is 0 Å². The maximum absolute atomic E-state index is 3.55. The van der Waals surface area contributed by atoms with Crippen molar-refractivity contribution >= 4 is 0 Å². The molecule has 0 amide bonds. The molecule has 0 fully saturated rings. The normalized spacial score (nSPS) is 13.8. The van der Waals surface area contributed by atoms with Gasteiger partial charge in [-0.3, -0.25) is 0 Å². The molecule has 0 saturated heterocycles. The first-order valence-corrected chi connectivity index (χ1v) is 5.40. The van der Waals surface area contributed by atoms with Crippen molar-refractivity contribution in [3.63, 3.8) is 0 Å². The fourth-order valence-corrected chi connectivity index (χ4v) is 1.51. The topological polar surface area (TPSA) is 12.0 Å². The van der Waals surface area contributed by atoms with Crippen LogP contribution in [0.15, 0.2) is 0 Å². The Bertz CT molecular complexity index is 89.0. The van der Waals surface area contributed by atoms with E-state index in [1.165, 1.54) is 32.2 Å². The standard InChI is InChI=1S/C11H25N/c1-5-6-7-8-12-11(4)9-10(2)3/h10-12H,5-9H2,1-4H3. The van der Waals surface area contributed by atoms with Gasteiger partial charge < -0.3 is 5.32 Å². The zero-order valence-corrected chi connectivity index (χ0v) is 9.19. The van der Waals surface area contributed by atoms with Gasteiger partial charge in [-0.15, -0.1) is 0 Å². The highest BCUT2D eigenvalue weighted by atomic mass is 14.9. The van der Waals surface area contributed by atoms with Gasteiger partial charge in [0.1, 0.15) is 0 Å². The molecule has 1 nitrogen and oxygen atoms in total. The quantitative estimate of drug-likeness (QED) is 0.580. The SMILES string of the molecule is CCCCCNC(C)CC(C)C. The first-order chi connectivity index (χ1) is 5.66. The number of unbranched alkanes of at least 4 members (excludes halogenated alkanes) is 2. The van der Waals surface area contributed by atoms with Gasteiger partial charge in [0, 0.05) is 6.04 Å². The van der Waals surface area contributed by atoms with Crippen molar-refractivity contribution in [3.05, 3.63) is 0 Å². The highest BCUT2D eigenvalue weighted by Crippen LogP contribution is 2.03. The molecular formula is C11H25N. The molecule has 1 atom stereocenters. The Balaban J connectivity index is 3.14. The van der Waals surface area contributed by atoms with Crippen LogP contribution in [0.3, 0.4) is 0 Å². The molecular weight excluding hydrogens is 146 g/mol. The molecule has 0 aliphatic heterocycles. The van der Waals surface area contributed by atoms with Crippen molar-refractivity contribution in [3.8, 4) is 0 Å². The second-order valence-corrected chi connectivity index (χ2v) is 4.19. The van der Waals surface area contributed by atoms with E-state index in [1.54, 1.807) is 0 Å². The minimum atomic E-state index is 0.696. The van der Waals surface area contributed by atoms with E-state index in [0.29, 0.717) is 6.04 Å². The Morgan fingerprint density at radius 2 is 1.75 bits per heavy atom. The number of hydrogen-bond donors (Lipinski definition) is 1. The molecule has 0 aromatic heterocycles. The molecule has 0 saturated carbocycles. The third-order valence-corrected chi connectivity index (χ3v) is 2.10. The molecule has 1 unspecified atom stereocenters. The summed E-state index contributed by atoms with van der Waals surface area (Å²) in [6.07, 6.45) is 5.31. The van der Waals surface area contributed by atoms with Crippen molar-refractivity contribution < 1.29 is 0 Å². The molecule has 74 valence electrons. The smallest absolute Gasteiger partial charge is 0.00411 e. The van der Waals surface area contributed by atoms with Crippen LogP contribution in [0.4, 0.5) is 0 Å². The van der Waals surface area contributed by atoms with Crippen molar-refractivity contribution in [2.45, 2.75) is 59.4 Å². The van der Waals surface area contributed by atoms with Gasteiger partial charge in [-0.1, -0.05) is 33.6 Å². The second kappa shape index (κ2) is 7.60. The van der Waals surface area contributed by atoms with Crippen LogP contribution < -0.4 is 5.32 Å². The summed E-state index contributed by atoms with van der Waals surface area (Å²) in [6.45, 7) is 10.3. The summed E-state index contributed by atoms with van der Waals surface area (Å²) in [4.78, 5) is 0. The van der Waals surface area contributed by atoms with E-state index in [4.69, 9.17) is 0 Å². The molecule has 0 aliphatic carbocycles. The summed E-state index contributed by atoms with van der Waals surface area (Å²) in [5.74, 6) is 0.818. The maximum Gasteiger partial charge on any atom is 0.00411 e. The van der Waals surface area contributed by atoms with Crippen molar-refractivity contribution in [2.75, 3.05) is 6.54 Å². The van der Waals surface area contributed by atoms with Crippen LogP contribution in [0.1, 0.15) is 53.4 Å². The lowest BCUT2D eigenvalue weighted by Gasteiger charge is -2.15. The summed E-state index contributed by atoms with van der Waals surface area (Å²) in [6, 6.07) is 0.696. The fraction of sp³-hybridized carbons (Fsp3) is 1.00. The van der Waals surface area contributed by atoms with Crippen molar-refractivity contribution in [1.29, 1.82) is 0 Å². The Kier molecular flexibility index (Phi) is 7.58. The lowest BCUT2D eigenvalue weighted by molar-refractivity contribution is 0.436.